The topological polar surface area (TPSA) is 66.5 Å². The first-order valence-corrected chi connectivity index (χ1v) is 9.95. The van der Waals surface area contributed by atoms with Gasteiger partial charge >= 0.3 is 0 Å². The largest absolute Gasteiger partial charge is 0.343 e. The van der Waals surface area contributed by atoms with Crippen molar-refractivity contribution in [1.82, 2.24) is 10.2 Å². The van der Waals surface area contributed by atoms with Crippen molar-refractivity contribution < 1.29 is 13.2 Å². The van der Waals surface area contributed by atoms with Crippen LogP contribution in [-0.4, -0.2) is 56.4 Å². The summed E-state index contributed by atoms with van der Waals surface area (Å²) in [5.41, 5.74) is 0. The fraction of sp³-hybridized carbons (Fsp3) is 0.933. The van der Waals surface area contributed by atoms with E-state index >= 15 is 0 Å². The van der Waals surface area contributed by atoms with Gasteiger partial charge in [-0.3, -0.25) is 4.79 Å². The average Bonchev–Trinajstić information content (AvgIpc) is 2.84. The van der Waals surface area contributed by atoms with E-state index in [9.17, 15) is 13.2 Å². The number of sulfone groups is 1. The Morgan fingerprint density at radius 1 is 1.19 bits per heavy atom. The molecule has 0 aromatic heterocycles. The Balaban J connectivity index is 1.81. The number of hydrogen-bond donors (Lipinski definition) is 1. The van der Waals surface area contributed by atoms with Gasteiger partial charge in [-0.05, 0) is 45.1 Å². The summed E-state index contributed by atoms with van der Waals surface area (Å²) in [4.78, 5) is 14.3. The van der Waals surface area contributed by atoms with Crippen molar-refractivity contribution in [2.24, 2.45) is 5.92 Å². The molecule has 5 nitrogen and oxygen atoms in total. The van der Waals surface area contributed by atoms with Gasteiger partial charge in [0, 0.05) is 19.1 Å². The molecule has 0 aromatic rings. The number of carbonyl (C=O) groups excluding carboxylic acids is 1. The monoisotopic (exact) mass is 316 g/mol. The maximum Gasteiger partial charge on any atom is 0.226 e. The molecule has 1 saturated carbocycles. The molecule has 0 bridgehead atoms. The summed E-state index contributed by atoms with van der Waals surface area (Å²) in [5.74, 6) is -0.0638. The molecule has 21 heavy (non-hydrogen) atoms. The van der Waals surface area contributed by atoms with E-state index in [4.69, 9.17) is 0 Å². The van der Waals surface area contributed by atoms with Gasteiger partial charge in [0.15, 0.2) is 9.84 Å². The number of nitrogens with one attached hydrogen (secondary N) is 1. The molecule has 0 radical (unpaired) electrons. The zero-order valence-corrected chi connectivity index (χ0v) is 14.0. The zero-order valence-electron chi connectivity index (χ0n) is 13.2. The SMILES string of the molecule is CCCNC1CCC(N(C)C(=O)C2CCS(=O)(=O)C2)CC1. The molecule has 122 valence electrons. The molecule has 2 fully saturated rings. The van der Waals surface area contributed by atoms with Gasteiger partial charge in [0.1, 0.15) is 0 Å². The zero-order chi connectivity index (χ0) is 15.5. The maximum absolute atomic E-state index is 12.4. The summed E-state index contributed by atoms with van der Waals surface area (Å²) in [6.45, 7) is 3.23. The minimum Gasteiger partial charge on any atom is -0.343 e. The quantitative estimate of drug-likeness (QED) is 0.827. The van der Waals surface area contributed by atoms with Crippen LogP contribution in [0.5, 0.6) is 0 Å². The third kappa shape index (κ3) is 4.42. The van der Waals surface area contributed by atoms with Crippen molar-refractivity contribution in [3.63, 3.8) is 0 Å². The van der Waals surface area contributed by atoms with E-state index in [2.05, 4.69) is 12.2 Å². The van der Waals surface area contributed by atoms with Crippen molar-refractivity contribution in [1.29, 1.82) is 0 Å². The van der Waals surface area contributed by atoms with E-state index in [1.54, 1.807) is 0 Å². The van der Waals surface area contributed by atoms with Crippen LogP contribution in [0.2, 0.25) is 0 Å². The molecule has 1 aliphatic carbocycles. The Morgan fingerprint density at radius 3 is 2.38 bits per heavy atom. The fourth-order valence-corrected chi connectivity index (χ4v) is 5.21. The highest BCUT2D eigenvalue weighted by atomic mass is 32.2. The van der Waals surface area contributed by atoms with Crippen molar-refractivity contribution in [2.75, 3.05) is 25.1 Å². The van der Waals surface area contributed by atoms with Crippen LogP contribution in [0.25, 0.3) is 0 Å². The molecule has 1 heterocycles. The first-order valence-electron chi connectivity index (χ1n) is 8.13. The molecule has 6 heteroatoms. The first-order chi connectivity index (χ1) is 9.93. The smallest absolute Gasteiger partial charge is 0.226 e. The molecule has 1 N–H and O–H groups in total. The summed E-state index contributed by atoms with van der Waals surface area (Å²) in [6, 6.07) is 0.858. The summed E-state index contributed by atoms with van der Waals surface area (Å²) in [5, 5.41) is 3.54. The summed E-state index contributed by atoms with van der Waals surface area (Å²) in [6.07, 6.45) is 5.88. The van der Waals surface area contributed by atoms with Gasteiger partial charge in [-0.1, -0.05) is 6.92 Å². The van der Waals surface area contributed by atoms with Crippen molar-refractivity contribution >= 4 is 15.7 Å². The van der Waals surface area contributed by atoms with Crippen LogP contribution in [0.1, 0.15) is 45.4 Å². The second-order valence-corrected chi connectivity index (χ2v) is 8.74. The van der Waals surface area contributed by atoms with Gasteiger partial charge in [-0.25, -0.2) is 8.42 Å². The normalized spacial score (nSPS) is 32.0. The van der Waals surface area contributed by atoms with Crippen LogP contribution < -0.4 is 5.32 Å². The maximum atomic E-state index is 12.4. The molecule has 1 unspecified atom stereocenters. The average molecular weight is 316 g/mol. The van der Waals surface area contributed by atoms with E-state index < -0.39 is 9.84 Å². The van der Waals surface area contributed by atoms with E-state index in [0.717, 1.165) is 38.6 Å². The van der Waals surface area contributed by atoms with Gasteiger partial charge in [-0.15, -0.1) is 0 Å². The van der Waals surface area contributed by atoms with E-state index in [1.165, 1.54) is 0 Å². The highest BCUT2D eigenvalue weighted by Gasteiger charge is 2.36. The van der Waals surface area contributed by atoms with Crippen molar-refractivity contribution in [2.45, 2.75) is 57.5 Å². The summed E-state index contributed by atoms with van der Waals surface area (Å²) >= 11 is 0. The lowest BCUT2D eigenvalue weighted by atomic mass is 9.89. The number of nitrogens with zero attached hydrogens (tertiary/aromatic N) is 1. The fourth-order valence-electron chi connectivity index (χ4n) is 3.47. The molecule has 1 aliphatic heterocycles. The minimum atomic E-state index is -2.98. The van der Waals surface area contributed by atoms with Crippen LogP contribution in [0, 0.1) is 5.92 Å². The van der Waals surface area contributed by atoms with Crippen LogP contribution in [0.15, 0.2) is 0 Å². The van der Waals surface area contributed by atoms with E-state index in [1.807, 2.05) is 11.9 Å². The lowest BCUT2D eigenvalue weighted by Crippen LogP contribution is -2.45. The van der Waals surface area contributed by atoms with Crippen molar-refractivity contribution in [3.05, 3.63) is 0 Å². The molecule has 2 aliphatic rings. The van der Waals surface area contributed by atoms with Gasteiger partial charge in [0.05, 0.1) is 17.4 Å². The Kier molecular flexibility index (Phi) is 5.66. The lowest BCUT2D eigenvalue weighted by Gasteiger charge is -2.36. The van der Waals surface area contributed by atoms with Gasteiger partial charge in [0.25, 0.3) is 0 Å². The van der Waals surface area contributed by atoms with Gasteiger partial charge in [0.2, 0.25) is 5.91 Å². The number of amides is 1. The minimum absolute atomic E-state index is 0.0287. The predicted molar refractivity (Wildman–Crippen MR) is 83.9 cm³/mol. The molecule has 0 spiro atoms. The standard InChI is InChI=1S/C15H28N2O3S/c1-3-9-16-13-4-6-14(7-5-13)17(2)15(18)12-8-10-21(19,20)11-12/h12-14,16H,3-11H2,1-2H3. The van der Waals surface area contributed by atoms with Crippen LogP contribution in [0.3, 0.4) is 0 Å². The molecular formula is C15H28N2O3S. The second-order valence-electron chi connectivity index (χ2n) is 6.51. The van der Waals surface area contributed by atoms with Crippen LogP contribution in [0.4, 0.5) is 0 Å². The molecule has 1 atom stereocenters. The summed E-state index contributed by atoms with van der Waals surface area (Å²) in [7, 11) is -1.14. The number of hydrogen-bond acceptors (Lipinski definition) is 4. The Hall–Kier alpha value is -0.620. The number of rotatable bonds is 5. The lowest BCUT2D eigenvalue weighted by molar-refractivity contribution is -0.136. The number of carbonyl (C=O) groups is 1. The van der Waals surface area contributed by atoms with Gasteiger partial charge in [-0.2, -0.15) is 0 Å². The predicted octanol–water partition coefficient (Wildman–Crippen LogP) is 1.19. The third-order valence-corrected chi connectivity index (χ3v) is 6.62. The molecule has 1 amide bonds. The molecular weight excluding hydrogens is 288 g/mol. The first kappa shape index (κ1) is 16.7. The molecule has 1 saturated heterocycles. The highest BCUT2D eigenvalue weighted by molar-refractivity contribution is 7.91. The Bertz CT molecular complexity index is 456. The molecule has 2 rings (SSSR count). The Morgan fingerprint density at radius 2 is 1.86 bits per heavy atom. The van der Waals surface area contributed by atoms with Crippen LogP contribution >= 0.6 is 0 Å². The van der Waals surface area contributed by atoms with Crippen LogP contribution in [-0.2, 0) is 14.6 Å². The van der Waals surface area contributed by atoms with Crippen molar-refractivity contribution in [3.8, 4) is 0 Å². The summed E-state index contributed by atoms with van der Waals surface area (Å²) < 4.78 is 23.0. The van der Waals surface area contributed by atoms with Gasteiger partial charge < -0.3 is 10.2 Å². The van der Waals surface area contributed by atoms with E-state index in [0.29, 0.717) is 12.5 Å². The Labute approximate surface area is 128 Å². The van der Waals surface area contributed by atoms with E-state index in [-0.39, 0.29) is 29.4 Å². The third-order valence-electron chi connectivity index (χ3n) is 4.86. The highest BCUT2D eigenvalue weighted by Crippen LogP contribution is 2.26. The second kappa shape index (κ2) is 7.09. The molecule has 0 aromatic carbocycles.